The molecule has 5 rings (SSSR count). The van der Waals surface area contributed by atoms with Crippen molar-refractivity contribution in [1.82, 2.24) is 9.61 Å². The molecule has 2 bridgehead atoms. The van der Waals surface area contributed by atoms with Crippen LogP contribution in [-0.4, -0.2) is 32.2 Å². The summed E-state index contributed by atoms with van der Waals surface area (Å²) in [5.74, 6) is 1.07. The number of nitrogens with two attached hydrogens (primary N) is 1. The standard InChI is InChI=1S/C25H28BrClFN5O/c1-13-5-14-6-15(10-25(2,34)9-14)22(13)32-23-18(11-30-33-12-16(26)7-21(23)33)24(29)31-20-8-17(28)3-4-19(20)27/h3-4,7-8,11-15,22,32,34H,5-6,9-10H2,1-2H3,(H2,29,31). The van der Waals surface area contributed by atoms with Crippen LogP contribution >= 0.6 is 27.5 Å². The van der Waals surface area contributed by atoms with E-state index in [2.05, 4.69) is 38.3 Å². The number of halogens is 3. The zero-order valence-electron chi connectivity index (χ0n) is 19.1. The minimum atomic E-state index is -0.642. The minimum absolute atomic E-state index is 0.159. The van der Waals surface area contributed by atoms with Crippen molar-refractivity contribution in [1.29, 1.82) is 0 Å². The maximum atomic E-state index is 13.8. The van der Waals surface area contributed by atoms with Gasteiger partial charge < -0.3 is 16.2 Å². The summed E-state index contributed by atoms with van der Waals surface area (Å²) in [5, 5.41) is 19.4. The van der Waals surface area contributed by atoms with Crippen molar-refractivity contribution in [2.45, 2.75) is 51.2 Å². The van der Waals surface area contributed by atoms with Crippen molar-refractivity contribution in [3.63, 3.8) is 0 Å². The number of hydrogen-bond donors (Lipinski definition) is 3. The molecule has 0 radical (unpaired) electrons. The maximum absolute atomic E-state index is 13.8. The number of hydrogen-bond acceptors (Lipinski definition) is 4. The molecule has 2 saturated carbocycles. The Kier molecular flexibility index (Phi) is 6.11. The monoisotopic (exact) mass is 547 g/mol. The summed E-state index contributed by atoms with van der Waals surface area (Å²) in [6.45, 7) is 4.22. The molecule has 2 aliphatic rings. The molecule has 3 aromatic rings. The molecule has 180 valence electrons. The Labute approximate surface area is 211 Å². The number of fused-ring (bicyclic) bond motifs is 3. The molecule has 2 heterocycles. The van der Waals surface area contributed by atoms with Crippen molar-refractivity contribution in [3.8, 4) is 0 Å². The van der Waals surface area contributed by atoms with E-state index in [9.17, 15) is 9.50 Å². The average Bonchev–Trinajstić information content (AvgIpc) is 3.12. The van der Waals surface area contributed by atoms with Gasteiger partial charge in [-0.25, -0.2) is 13.9 Å². The van der Waals surface area contributed by atoms with Crippen LogP contribution in [0.4, 0.5) is 15.8 Å². The highest BCUT2D eigenvalue weighted by atomic mass is 79.9. The molecular formula is C25H28BrClFN5O. The van der Waals surface area contributed by atoms with E-state index >= 15 is 0 Å². The number of nitrogens with zero attached hydrogens (tertiary/aromatic N) is 3. The molecule has 34 heavy (non-hydrogen) atoms. The Morgan fingerprint density at radius 3 is 2.94 bits per heavy atom. The number of aliphatic imine (C=N–C) groups is 1. The number of aromatic nitrogens is 2. The lowest BCUT2D eigenvalue weighted by molar-refractivity contribution is -0.0501. The van der Waals surface area contributed by atoms with Crippen molar-refractivity contribution in [2.24, 2.45) is 28.5 Å². The summed E-state index contributed by atoms with van der Waals surface area (Å²) >= 11 is 9.77. The Hall–Kier alpha value is -2.16. The number of amidine groups is 1. The first-order chi connectivity index (χ1) is 16.1. The molecule has 4 N–H and O–H groups in total. The van der Waals surface area contributed by atoms with Gasteiger partial charge in [-0.3, -0.25) is 0 Å². The summed E-state index contributed by atoms with van der Waals surface area (Å²) in [6, 6.07) is 6.15. The summed E-state index contributed by atoms with van der Waals surface area (Å²) in [5.41, 5.74) is 8.36. The Balaban J connectivity index is 1.58. The lowest BCUT2D eigenvalue weighted by Gasteiger charge is -2.49. The molecule has 9 heteroatoms. The van der Waals surface area contributed by atoms with Crippen LogP contribution < -0.4 is 11.1 Å². The predicted octanol–water partition coefficient (Wildman–Crippen LogP) is 5.91. The smallest absolute Gasteiger partial charge is 0.135 e. The number of rotatable bonds is 4. The van der Waals surface area contributed by atoms with Gasteiger partial charge >= 0.3 is 0 Å². The van der Waals surface area contributed by atoms with E-state index in [1.54, 1.807) is 10.7 Å². The molecule has 2 aromatic heterocycles. The van der Waals surface area contributed by atoms with Crippen LogP contribution in [0.25, 0.3) is 5.52 Å². The summed E-state index contributed by atoms with van der Waals surface area (Å²) in [7, 11) is 0. The molecule has 5 unspecified atom stereocenters. The van der Waals surface area contributed by atoms with E-state index < -0.39 is 11.4 Å². The second kappa shape index (κ2) is 8.81. The van der Waals surface area contributed by atoms with Gasteiger partial charge in [0.1, 0.15) is 11.7 Å². The Morgan fingerprint density at radius 2 is 2.15 bits per heavy atom. The van der Waals surface area contributed by atoms with E-state index in [1.807, 2.05) is 19.2 Å². The van der Waals surface area contributed by atoms with E-state index in [1.165, 1.54) is 18.2 Å². The average molecular weight is 549 g/mol. The van der Waals surface area contributed by atoms with Gasteiger partial charge in [-0.2, -0.15) is 5.10 Å². The van der Waals surface area contributed by atoms with Gasteiger partial charge in [-0.05, 0) is 84.5 Å². The molecule has 6 nitrogen and oxygen atoms in total. The Morgan fingerprint density at radius 1 is 1.35 bits per heavy atom. The van der Waals surface area contributed by atoms with Crippen molar-refractivity contribution >= 4 is 50.3 Å². The SMILES string of the molecule is CC1CC2CC(CC(C)(O)C2)C1Nc1c(C(N)=Nc2cc(F)ccc2Cl)cnn2cc(Br)cc12. The first kappa shape index (κ1) is 23.6. The third-order valence-electron chi connectivity index (χ3n) is 7.23. The highest BCUT2D eigenvalue weighted by molar-refractivity contribution is 9.10. The Bertz CT molecular complexity index is 1270. The van der Waals surface area contributed by atoms with E-state index in [4.69, 9.17) is 17.3 Å². The van der Waals surface area contributed by atoms with Gasteiger partial charge in [-0.1, -0.05) is 18.5 Å². The molecule has 2 aliphatic carbocycles. The number of aliphatic hydroxyl groups is 1. The lowest BCUT2D eigenvalue weighted by atomic mass is 9.61. The molecule has 0 aliphatic heterocycles. The molecule has 0 saturated heterocycles. The van der Waals surface area contributed by atoms with Crippen molar-refractivity contribution < 1.29 is 9.50 Å². The first-order valence-electron chi connectivity index (χ1n) is 11.5. The fraction of sp³-hybridized carbons (Fsp3) is 0.440. The van der Waals surface area contributed by atoms with Crippen LogP contribution in [0.15, 0.2) is 46.1 Å². The predicted molar refractivity (Wildman–Crippen MR) is 137 cm³/mol. The summed E-state index contributed by atoms with van der Waals surface area (Å²) < 4.78 is 16.5. The van der Waals surface area contributed by atoms with E-state index in [-0.39, 0.29) is 17.6 Å². The second-order valence-electron chi connectivity index (χ2n) is 10.2. The highest BCUT2D eigenvalue weighted by Crippen LogP contribution is 2.47. The van der Waals surface area contributed by atoms with Crippen LogP contribution in [0.2, 0.25) is 5.02 Å². The van der Waals surface area contributed by atoms with Crippen LogP contribution in [0.3, 0.4) is 0 Å². The third kappa shape index (κ3) is 4.55. The zero-order chi connectivity index (χ0) is 24.2. The van der Waals surface area contributed by atoms with Crippen molar-refractivity contribution in [3.05, 3.63) is 57.5 Å². The lowest BCUT2D eigenvalue weighted by Crippen LogP contribution is -2.50. The van der Waals surface area contributed by atoms with Gasteiger partial charge in [0.15, 0.2) is 0 Å². The highest BCUT2D eigenvalue weighted by Gasteiger charge is 2.45. The second-order valence-corrected chi connectivity index (χ2v) is 11.5. The van der Waals surface area contributed by atoms with Crippen LogP contribution in [0, 0.1) is 23.6 Å². The van der Waals surface area contributed by atoms with Gasteiger partial charge in [0.05, 0.1) is 39.3 Å². The van der Waals surface area contributed by atoms with Gasteiger partial charge in [0.25, 0.3) is 0 Å². The first-order valence-corrected chi connectivity index (χ1v) is 12.7. The number of anilines is 1. The largest absolute Gasteiger partial charge is 0.390 e. The van der Waals surface area contributed by atoms with Crippen molar-refractivity contribution in [2.75, 3.05) is 5.32 Å². The topological polar surface area (TPSA) is 87.9 Å². The number of benzene rings is 1. The molecule has 0 amide bonds. The van der Waals surface area contributed by atoms with Gasteiger partial charge in [-0.15, -0.1) is 0 Å². The quantitative estimate of drug-likeness (QED) is 0.279. The fourth-order valence-corrected chi connectivity index (χ4v) is 6.58. The normalized spacial score (nSPS) is 29.4. The van der Waals surface area contributed by atoms with Crippen LogP contribution in [-0.2, 0) is 0 Å². The van der Waals surface area contributed by atoms with E-state index in [0.29, 0.717) is 28.3 Å². The molecule has 2 fully saturated rings. The van der Waals surface area contributed by atoms with E-state index in [0.717, 1.165) is 41.4 Å². The zero-order valence-corrected chi connectivity index (χ0v) is 21.4. The van der Waals surface area contributed by atoms with Crippen LogP contribution in [0.5, 0.6) is 0 Å². The third-order valence-corrected chi connectivity index (χ3v) is 7.99. The summed E-state index contributed by atoms with van der Waals surface area (Å²) in [4.78, 5) is 4.44. The van der Waals surface area contributed by atoms with Crippen LogP contribution in [0.1, 0.15) is 45.1 Å². The maximum Gasteiger partial charge on any atom is 0.135 e. The molecule has 0 spiro atoms. The molecule has 5 atom stereocenters. The minimum Gasteiger partial charge on any atom is -0.390 e. The van der Waals surface area contributed by atoms with Gasteiger partial charge in [0.2, 0.25) is 0 Å². The molecule has 1 aromatic carbocycles. The molecular weight excluding hydrogens is 521 g/mol. The summed E-state index contributed by atoms with van der Waals surface area (Å²) in [6.07, 6.45) is 7.34. The van der Waals surface area contributed by atoms with Gasteiger partial charge in [0, 0.05) is 22.8 Å². The fourth-order valence-electron chi connectivity index (χ4n) is 6.01. The number of nitrogens with one attached hydrogen (secondary N) is 1.